The molecular weight excluding hydrogens is 314 g/mol. The number of rotatable bonds is 7. The van der Waals surface area contributed by atoms with Crippen LogP contribution in [0, 0.1) is 10.1 Å². The van der Waals surface area contributed by atoms with E-state index >= 15 is 0 Å². The molecule has 120 valence electrons. The average molecular weight is 332 g/mol. The minimum Gasteiger partial charge on any atom is -0.492 e. The van der Waals surface area contributed by atoms with Gasteiger partial charge in [0, 0.05) is 12.1 Å². The first-order valence-corrected chi connectivity index (χ1v) is 7.91. The fourth-order valence-electron chi connectivity index (χ4n) is 2.20. The number of non-ortho nitro benzene ring substituents is 1. The monoisotopic (exact) mass is 331 g/mol. The maximum Gasteiger partial charge on any atom is 0.269 e. The number of hydrogen-bond donors (Lipinski definition) is 0. The van der Waals surface area contributed by atoms with Crippen molar-refractivity contribution in [2.45, 2.75) is 13.3 Å². The second-order valence-electron chi connectivity index (χ2n) is 4.93. The van der Waals surface area contributed by atoms with E-state index in [1.165, 1.54) is 12.1 Å². The maximum absolute atomic E-state index is 10.7. The van der Waals surface area contributed by atoms with Crippen LogP contribution in [0.5, 0.6) is 5.75 Å². The van der Waals surface area contributed by atoms with E-state index in [1.807, 2.05) is 24.3 Å². The molecule has 0 aliphatic heterocycles. The highest BCUT2D eigenvalue weighted by Crippen LogP contribution is 2.24. The number of ether oxygens (including phenoxy) is 1. The largest absolute Gasteiger partial charge is 0.492 e. The van der Waals surface area contributed by atoms with E-state index < -0.39 is 4.92 Å². The van der Waals surface area contributed by atoms with Crippen molar-refractivity contribution in [3.05, 3.63) is 69.8 Å². The average Bonchev–Trinajstić information content (AvgIpc) is 2.59. The van der Waals surface area contributed by atoms with E-state index in [1.54, 1.807) is 12.1 Å². The molecule has 0 aromatic heterocycles. The summed E-state index contributed by atoms with van der Waals surface area (Å²) in [5, 5.41) is 10.7. The van der Waals surface area contributed by atoms with Crippen LogP contribution in [0.2, 0.25) is 0 Å². The molecule has 2 aromatic rings. The van der Waals surface area contributed by atoms with Crippen LogP contribution in [0.15, 0.2) is 48.5 Å². The van der Waals surface area contributed by atoms with Crippen LogP contribution in [0.3, 0.4) is 0 Å². The lowest BCUT2D eigenvalue weighted by Gasteiger charge is -2.07. The van der Waals surface area contributed by atoms with Crippen LogP contribution in [0.4, 0.5) is 5.69 Å². The normalized spacial score (nSPS) is 11.3. The van der Waals surface area contributed by atoms with E-state index in [-0.39, 0.29) is 5.69 Å². The van der Waals surface area contributed by atoms with E-state index in [0.29, 0.717) is 12.5 Å². The molecule has 0 bridgehead atoms. The van der Waals surface area contributed by atoms with Gasteiger partial charge in [0.25, 0.3) is 5.69 Å². The summed E-state index contributed by atoms with van der Waals surface area (Å²) in [6, 6.07) is 14.4. The van der Waals surface area contributed by atoms with Crippen molar-refractivity contribution in [3.63, 3.8) is 0 Å². The van der Waals surface area contributed by atoms with Gasteiger partial charge in [-0.3, -0.25) is 10.1 Å². The second-order valence-corrected chi connectivity index (χ2v) is 5.31. The van der Waals surface area contributed by atoms with Gasteiger partial charge in [0.2, 0.25) is 0 Å². The van der Waals surface area contributed by atoms with Crippen molar-refractivity contribution < 1.29 is 9.66 Å². The maximum atomic E-state index is 10.7. The Balaban J connectivity index is 2.18. The van der Waals surface area contributed by atoms with Crippen LogP contribution in [0.1, 0.15) is 24.5 Å². The fraction of sp³-hybridized carbons (Fsp3) is 0.222. The zero-order valence-electron chi connectivity index (χ0n) is 12.9. The van der Waals surface area contributed by atoms with Crippen molar-refractivity contribution in [3.8, 4) is 5.75 Å². The molecule has 0 unspecified atom stereocenters. The number of halogens is 1. The second kappa shape index (κ2) is 8.34. The van der Waals surface area contributed by atoms with Crippen LogP contribution < -0.4 is 4.74 Å². The molecule has 0 heterocycles. The molecule has 2 rings (SSSR count). The van der Waals surface area contributed by atoms with Gasteiger partial charge in [-0.25, -0.2) is 0 Å². The van der Waals surface area contributed by atoms with Crippen LogP contribution in [0.25, 0.3) is 11.6 Å². The van der Waals surface area contributed by atoms with Crippen molar-refractivity contribution in [1.29, 1.82) is 0 Å². The smallest absolute Gasteiger partial charge is 0.269 e. The molecule has 0 radical (unpaired) electrons. The first-order valence-electron chi connectivity index (χ1n) is 7.38. The zero-order chi connectivity index (χ0) is 16.7. The highest BCUT2D eigenvalue weighted by molar-refractivity contribution is 6.18. The quantitative estimate of drug-likeness (QED) is 0.304. The Hall–Kier alpha value is -2.33. The molecule has 0 fully saturated rings. The first-order chi connectivity index (χ1) is 11.1. The lowest BCUT2D eigenvalue weighted by molar-refractivity contribution is -0.384. The number of hydrogen-bond acceptors (Lipinski definition) is 3. The molecule has 0 saturated heterocycles. The van der Waals surface area contributed by atoms with Crippen molar-refractivity contribution in [2.75, 3.05) is 12.5 Å². The molecular formula is C18H18ClNO3. The topological polar surface area (TPSA) is 52.4 Å². The number of nitrogens with zero attached hydrogens (tertiary/aromatic N) is 1. The number of allylic oxidation sites excluding steroid dienone is 1. The standard InChI is InChI=1S/C18H18ClNO3/c1-2-15(16-5-7-17(8-6-16)20(21)22)13-14-3-9-18(10-4-14)23-12-11-19/h3-10,13H,2,11-12H2,1H3. The van der Waals surface area contributed by atoms with Gasteiger partial charge >= 0.3 is 0 Å². The van der Waals surface area contributed by atoms with Crippen LogP contribution in [-0.2, 0) is 0 Å². The Morgan fingerprint density at radius 3 is 2.35 bits per heavy atom. The highest BCUT2D eigenvalue weighted by atomic mass is 35.5. The van der Waals surface area contributed by atoms with Gasteiger partial charge < -0.3 is 4.74 Å². The summed E-state index contributed by atoms with van der Waals surface area (Å²) in [6.07, 6.45) is 2.91. The molecule has 0 atom stereocenters. The predicted octanol–water partition coefficient (Wildman–Crippen LogP) is 5.16. The Bertz CT molecular complexity index is 678. The third-order valence-corrected chi connectivity index (χ3v) is 3.55. The predicted molar refractivity (Wildman–Crippen MR) is 93.9 cm³/mol. The minimum atomic E-state index is -0.390. The minimum absolute atomic E-state index is 0.102. The zero-order valence-corrected chi connectivity index (χ0v) is 13.6. The van der Waals surface area contributed by atoms with Crippen LogP contribution in [-0.4, -0.2) is 17.4 Å². The van der Waals surface area contributed by atoms with Gasteiger partial charge in [0.1, 0.15) is 12.4 Å². The molecule has 2 aromatic carbocycles. The van der Waals surface area contributed by atoms with Gasteiger partial charge in [0.05, 0.1) is 10.8 Å². The summed E-state index contributed by atoms with van der Waals surface area (Å²) in [5.41, 5.74) is 3.26. The number of alkyl halides is 1. The third-order valence-electron chi connectivity index (χ3n) is 3.40. The summed E-state index contributed by atoms with van der Waals surface area (Å²) in [6.45, 7) is 2.55. The molecule has 23 heavy (non-hydrogen) atoms. The van der Waals surface area contributed by atoms with Gasteiger partial charge in [-0.1, -0.05) is 25.1 Å². The SMILES string of the molecule is CCC(=Cc1ccc(OCCCl)cc1)c1ccc([N+](=O)[O-])cc1. The number of benzene rings is 2. The highest BCUT2D eigenvalue weighted by Gasteiger charge is 2.06. The summed E-state index contributed by atoms with van der Waals surface area (Å²) in [7, 11) is 0. The van der Waals surface area contributed by atoms with E-state index in [9.17, 15) is 10.1 Å². The first kappa shape index (κ1) is 17.0. The molecule has 5 heteroatoms. The van der Waals surface area contributed by atoms with E-state index in [4.69, 9.17) is 16.3 Å². The van der Waals surface area contributed by atoms with Crippen molar-refractivity contribution in [1.82, 2.24) is 0 Å². The van der Waals surface area contributed by atoms with E-state index in [0.717, 1.165) is 28.9 Å². The number of nitro benzene ring substituents is 1. The van der Waals surface area contributed by atoms with Crippen LogP contribution >= 0.6 is 11.6 Å². The fourth-order valence-corrected chi connectivity index (χ4v) is 2.28. The third kappa shape index (κ3) is 4.83. The Kier molecular flexibility index (Phi) is 6.18. The Morgan fingerprint density at radius 2 is 1.83 bits per heavy atom. The summed E-state index contributed by atoms with van der Waals surface area (Å²) < 4.78 is 5.45. The summed E-state index contributed by atoms with van der Waals surface area (Å²) in [4.78, 5) is 10.3. The van der Waals surface area contributed by atoms with Crippen molar-refractivity contribution in [2.24, 2.45) is 0 Å². The Labute approximate surface area is 140 Å². The molecule has 0 spiro atoms. The number of nitro groups is 1. The molecule has 0 aliphatic rings. The van der Waals surface area contributed by atoms with E-state index in [2.05, 4.69) is 13.0 Å². The van der Waals surface area contributed by atoms with Crippen molar-refractivity contribution >= 4 is 28.9 Å². The van der Waals surface area contributed by atoms with Gasteiger partial charge in [-0.05, 0) is 47.4 Å². The van der Waals surface area contributed by atoms with Gasteiger partial charge in [-0.2, -0.15) is 0 Å². The molecule has 0 N–H and O–H groups in total. The summed E-state index contributed by atoms with van der Waals surface area (Å²) in [5.74, 6) is 1.25. The Morgan fingerprint density at radius 1 is 1.17 bits per heavy atom. The molecule has 4 nitrogen and oxygen atoms in total. The summed E-state index contributed by atoms with van der Waals surface area (Å²) >= 11 is 5.59. The lowest BCUT2D eigenvalue weighted by atomic mass is 10.0. The van der Waals surface area contributed by atoms with Gasteiger partial charge in [-0.15, -0.1) is 11.6 Å². The molecule has 0 amide bonds. The van der Waals surface area contributed by atoms with Gasteiger partial charge in [0.15, 0.2) is 0 Å². The molecule has 0 aliphatic carbocycles. The molecule has 0 saturated carbocycles. The lowest BCUT2D eigenvalue weighted by Crippen LogP contribution is -1.97.